The minimum absolute atomic E-state index is 0.102. The summed E-state index contributed by atoms with van der Waals surface area (Å²) in [5.74, 6) is -0.697. The monoisotopic (exact) mass is 374 g/mol. The molecular formula is C19H19ClN2O4. The van der Waals surface area contributed by atoms with Crippen molar-refractivity contribution in [1.82, 2.24) is 4.57 Å². The standard InChI is InChI=1S/C19H19ClN2O4/c1-10(2)22-18(24)13(9-21)11(3)16(19(22)25)17(23)12(4)26-15-8-6-5-7-14(15)20/h5-8,10,12,25H,1-4H3. The molecule has 0 aliphatic heterocycles. The third kappa shape index (κ3) is 3.44. The highest BCUT2D eigenvalue weighted by atomic mass is 35.5. The highest BCUT2D eigenvalue weighted by Crippen LogP contribution is 2.29. The number of aromatic hydroxyl groups is 1. The molecule has 1 N–H and O–H groups in total. The lowest BCUT2D eigenvalue weighted by molar-refractivity contribution is 0.0812. The molecule has 7 heteroatoms. The lowest BCUT2D eigenvalue weighted by Gasteiger charge is -2.20. The number of ketones is 1. The second kappa shape index (κ2) is 7.63. The Balaban J connectivity index is 2.55. The van der Waals surface area contributed by atoms with Crippen LogP contribution in [0.2, 0.25) is 5.02 Å². The number of pyridine rings is 1. The van der Waals surface area contributed by atoms with Crippen molar-refractivity contribution >= 4 is 17.4 Å². The zero-order valence-electron chi connectivity index (χ0n) is 14.9. The largest absolute Gasteiger partial charge is 0.494 e. The van der Waals surface area contributed by atoms with Gasteiger partial charge in [0.25, 0.3) is 5.56 Å². The summed E-state index contributed by atoms with van der Waals surface area (Å²) in [5, 5.41) is 20.2. The van der Waals surface area contributed by atoms with E-state index in [4.69, 9.17) is 16.3 Å². The van der Waals surface area contributed by atoms with Gasteiger partial charge in [-0.05, 0) is 45.4 Å². The smallest absolute Gasteiger partial charge is 0.271 e. The molecule has 6 nitrogen and oxygen atoms in total. The van der Waals surface area contributed by atoms with Crippen LogP contribution in [0.1, 0.15) is 48.3 Å². The average Bonchev–Trinajstić information content (AvgIpc) is 2.56. The summed E-state index contributed by atoms with van der Waals surface area (Å²) < 4.78 is 6.64. The Kier molecular flexibility index (Phi) is 5.73. The van der Waals surface area contributed by atoms with Gasteiger partial charge in [0.1, 0.15) is 17.4 Å². The number of carbonyl (C=O) groups is 1. The maximum absolute atomic E-state index is 12.9. The number of nitriles is 1. The van der Waals surface area contributed by atoms with E-state index < -0.39 is 29.4 Å². The van der Waals surface area contributed by atoms with E-state index in [1.54, 1.807) is 38.1 Å². The maximum atomic E-state index is 12.9. The van der Waals surface area contributed by atoms with Crippen molar-refractivity contribution in [2.45, 2.75) is 39.8 Å². The van der Waals surface area contributed by atoms with Crippen molar-refractivity contribution in [3.8, 4) is 17.7 Å². The van der Waals surface area contributed by atoms with Gasteiger partial charge in [-0.15, -0.1) is 0 Å². The van der Waals surface area contributed by atoms with E-state index in [0.717, 1.165) is 4.57 Å². The van der Waals surface area contributed by atoms with Gasteiger partial charge in [-0.2, -0.15) is 5.26 Å². The van der Waals surface area contributed by atoms with Gasteiger partial charge in [0.15, 0.2) is 6.10 Å². The van der Waals surface area contributed by atoms with E-state index in [1.807, 2.05) is 6.07 Å². The van der Waals surface area contributed by atoms with Crippen LogP contribution in [0.4, 0.5) is 0 Å². The number of para-hydroxylation sites is 1. The zero-order valence-corrected chi connectivity index (χ0v) is 15.7. The predicted octanol–water partition coefficient (Wildman–Crippen LogP) is 3.62. The van der Waals surface area contributed by atoms with Gasteiger partial charge in [-0.25, -0.2) is 0 Å². The molecule has 0 spiro atoms. The second-order valence-corrected chi connectivity index (χ2v) is 6.54. The number of aromatic nitrogens is 1. The first kappa shape index (κ1) is 19.5. The minimum Gasteiger partial charge on any atom is -0.494 e. The summed E-state index contributed by atoms with van der Waals surface area (Å²) in [6.07, 6.45) is -0.982. The molecular weight excluding hydrogens is 356 g/mol. The van der Waals surface area contributed by atoms with Crippen LogP contribution in [0.5, 0.6) is 11.6 Å². The van der Waals surface area contributed by atoms with Crippen LogP contribution in [-0.4, -0.2) is 21.6 Å². The minimum atomic E-state index is -0.982. The molecule has 0 fully saturated rings. The van der Waals surface area contributed by atoms with Crippen molar-refractivity contribution in [2.75, 3.05) is 0 Å². The van der Waals surface area contributed by atoms with Crippen LogP contribution in [0.3, 0.4) is 0 Å². The zero-order chi connectivity index (χ0) is 19.6. The van der Waals surface area contributed by atoms with Crippen molar-refractivity contribution in [3.63, 3.8) is 0 Å². The molecule has 0 aliphatic carbocycles. The van der Waals surface area contributed by atoms with E-state index in [2.05, 4.69) is 0 Å². The highest BCUT2D eigenvalue weighted by molar-refractivity contribution is 6.32. The maximum Gasteiger partial charge on any atom is 0.271 e. The molecule has 1 unspecified atom stereocenters. The number of nitrogens with zero attached hydrogens (tertiary/aromatic N) is 2. The molecule has 1 aromatic carbocycles. The van der Waals surface area contributed by atoms with E-state index in [0.29, 0.717) is 10.8 Å². The van der Waals surface area contributed by atoms with Gasteiger partial charge < -0.3 is 9.84 Å². The fourth-order valence-corrected chi connectivity index (χ4v) is 2.86. The molecule has 0 aliphatic rings. The molecule has 2 aromatic rings. The second-order valence-electron chi connectivity index (χ2n) is 6.13. The molecule has 1 heterocycles. The van der Waals surface area contributed by atoms with E-state index in [-0.39, 0.29) is 16.7 Å². The Labute approximate surface area is 156 Å². The van der Waals surface area contributed by atoms with Gasteiger partial charge in [-0.3, -0.25) is 14.2 Å². The Morgan fingerprint density at radius 3 is 2.46 bits per heavy atom. The van der Waals surface area contributed by atoms with Gasteiger partial charge in [0, 0.05) is 6.04 Å². The molecule has 1 atom stereocenters. The summed E-state index contributed by atoms with van der Waals surface area (Å²) in [6, 6.07) is 8.09. The van der Waals surface area contributed by atoms with Crippen LogP contribution in [-0.2, 0) is 0 Å². The topological polar surface area (TPSA) is 92.3 Å². The molecule has 0 radical (unpaired) electrons. The number of Topliss-reactive ketones (excluding diaryl/α,β-unsaturated/α-hetero) is 1. The fourth-order valence-electron chi connectivity index (χ4n) is 2.68. The summed E-state index contributed by atoms with van der Waals surface area (Å²) in [6.45, 7) is 6.33. The van der Waals surface area contributed by atoms with E-state index >= 15 is 0 Å². The number of halogens is 1. The van der Waals surface area contributed by atoms with Crippen LogP contribution < -0.4 is 10.3 Å². The number of ether oxygens (including phenoxy) is 1. The van der Waals surface area contributed by atoms with Crippen molar-refractivity contribution in [3.05, 3.63) is 56.3 Å². The molecule has 1 aromatic heterocycles. The number of hydrogen-bond donors (Lipinski definition) is 1. The first-order chi connectivity index (χ1) is 12.2. The number of rotatable bonds is 5. The van der Waals surface area contributed by atoms with Crippen LogP contribution in [0.15, 0.2) is 29.1 Å². The Hall–Kier alpha value is -2.78. The summed E-state index contributed by atoms with van der Waals surface area (Å²) >= 11 is 6.04. The van der Waals surface area contributed by atoms with Crippen LogP contribution >= 0.6 is 11.6 Å². The predicted molar refractivity (Wildman–Crippen MR) is 98.1 cm³/mol. The highest BCUT2D eigenvalue weighted by Gasteiger charge is 2.29. The van der Waals surface area contributed by atoms with Crippen LogP contribution in [0.25, 0.3) is 0 Å². The third-order valence-electron chi connectivity index (χ3n) is 4.02. The molecule has 0 bridgehead atoms. The average molecular weight is 375 g/mol. The lowest BCUT2D eigenvalue weighted by atomic mass is 9.99. The normalized spacial score (nSPS) is 11.9. The Morgan fingerprint density at radius 2 is 1.92 bits per heavy atom. The first-order valence-corrected chi connectivity index (χ1v) is 8.42. The first-order valence-electron chi connectivity index (χ1n) is 8.04. The molecule has 0 amide bonds. The molecule has 0 saturated heterocycles. The van der Waals surface area contributed by atoms with Crippen LogP contribution in [0, 0.1) is 18.3 Å². The summed E-state index contributed by atoms with van der Waals surface area (Å²) in [7, 11) is 0. The quantitative estimate of drug-likeness (QED) is 0.807. The van der Waals surface area contributed by atoms with Crippen molar-refractivity contribution < 1.29 is 14.6 Å². The van der Waals surface area contributed by atoms with Gasteiger partial charge in [0.2, 0.25) is 11.7 Å². The number of hydrogen-bond acceptors (Lipinski definition) is 5. The SMILES string of the molecule is Cc1c(C(=O)C(C)Oc2ccccc2Cl)c(O)n(C(C)C)c(=O)c1C#N. The van der Waals surface area contributed by atoms with Gasteiger partial charge in [0.05, 0.1) is 10.6 Å². The van der Waals surface area contributed by atoms with Gasteiger partial charge >= 0.3 is 0 Å². The van der Waals surface area contributed by atoms with Gasteiger partial charge in [-0.1, -0.05) is 23.7 Å². The molecule has 26 heavy (non-hydrogen) atoms. The fraction of sp³-hybridized carbons (Fsp3) is 0.316. The summed E-state index contributed by atoms with van der Waals surface area (Å²) in [5.41, 5.74) is -0.778. The molecule has 136 valence electrons. The Bertz CT molecular complexity index is 957. The van der Waals surface area contributed by atoms with E-state index in [1.165, 1.54) is 13.8 Å². The van der Waals surface area contributed by atoms with Crippen molar-refractivity contribution in [1.29, 1.82) is 5.26 Å². The molecule has 2 rings (SSSR count). The number of carbonyl (C=O) groups excluding carboxylic acids is 1. The number of benzene rings is 1. The molecule has 0 saturated carbocycles. The summed E-state index contributed by atoms with van der Waals surface area (Å²) in [4.78, 5) is 25.3. The third-order valence-corrected chi connectivity index (χ3v) is 4.33. The van der Waals surface area contributed by atoms with E-state index in [9.17, 15) is 20.0 Å². The lowest BCUT2D eigenvalue weighted by Crippen LogP contribution is -2.31. The van der Waals surface area contributed by atoms with Crippen molar-refractivity contribution in [2.24, 2.45) is 0 Å². The Morgan fingerprint density at radius 1 is 1.31 bits per heavy atom.